The summed E-state index contributed by atoms with van der Waals surface area (Å²) in [5.41, 5.74) is 3.49. The molecule has 0 aliphatic heterocycles. The fourth-order valence-corrected chi connectivity index (χ4v) is 1.90. The van der Waals surface area contributed by atoms with Crippen molar-refractivity contribution in [2.24, 2.45) is 0 Å². The molecule has 3 heteroatoms. The van der Waals surface area contributed by atoms with Gasteiger partial charge in [-0.3, -0.25) is 0 Å². The van der Waals surface area contributed by atoms with E-state index in [9.17, 15) is 10.1 Å². The summed E-state index contributed by atoms with van der Waals surface area (Å²) in [5, 5.41) is 18.1. The van der Waals surface area contributed by atoms with Crippen LogP contribution in [0.25, 0.3) is 11.6 Å². The summed E-state index contributed by atoms with van der Waals surface area (Å²) >= 11 is 0. The van der Waals surface area contributed by atoms with Gasteiger partial charge in [-0.2, -0.15) is 5.26 Å². The van der Waals surface area contributed by atoms with E-state index in [1.807, 2.05) is 31.2 Å². The zero-order chi connectivity index (χ0) is 14.5. The molecule has 0 aliphatic rings. The first kappa shape index (κ1) is 13.6. The van der Waals surface area contributed by atoms with Crippen molar-refractivity contribution in [1.82, 2.24) is 0 Å². The quantitative estimate of drug-likeness (QED) is 0.677. The lowest BCUT2D eigenvalue weighted by molar-refractivity contribution is 0.0697. The first-order valence-electron chi connectivity index (χ1n) is 6.12. The lowest BCUT2D eigenvalue weighted by Gasteiger charge is -2.01. The molecule has 0 spiro atoms. The van der Waals surface area contributed by atoms with E-state index in [2.05, 4.69) is 6.07 Å². The highest BCUT2D eigenvalue weighted by atomic mass is 16.4. The highest BCUT2D eigenvalue weighted by Gasteiger charge is 2.05. The van der Waals surface area contributed by atoms with Crippen LogP contribution in [-0.2, 0) is 0 Å². The molecule has 0 heterocycles. The molecule has 2 aromatic carbocycles. The van der Waals surface area contributed by atoms with Crippen LogP contribution in [0.2, 0.25) is 0 Å². The molecule has 98 valence electrons. The second-order valence-electron chi connectivity index (χ2n) is 4.47. The fraction of sp³-hybridized carbons (Fsp3) is 0.0588. The van der Waals surface area contributed by atoms with E-state index in [1.54, 1.807) is 18.2 Å². The second kappa shape index (κ2) is 5.85. The number of aromatic carboxylic acids is 1. The maximum atomic E-state index is 10.8. The molecule has 1 N–H and O–H groups in total. The Morgan fingerprint density at radius 3 is 2.35 bits per heavy atom. The van der Waals surface area contributed by atoms with Crippen molar-refractivity contribution in [3.63, 3.8) is 0 Å². The van der Waals surface area contributed by atoms with E-state index in [1.165, 1.54) is 12.1 Å². The van der Waals surface area contributed by atoms with E-state index in [-0.39, 0.29) is 5.56 Å². The summed E-state index contributed by atoms with van der Waals surface area (Å²) in [7, 11) is 0. The van der Waals surface area contributed by atoms with Crippen LogP contribution in [0.1, 0.15) is 27.0 Å². The van der Waals surface area contributed by atoms with Crippen molar-refractivity contribution in [2.75, 3.05) is 0 Å². The maximum absolute atomic E-state index is 10.8. The Labute approximate surface area is 117 Å². The van der Waals surface area contributed by atoms with Crippen LogP contribution >= 0.6 is 0 Å². The van der Waals surface area contributed by atoms with Crippen molar-refractivity contribution in [2.45, 2.75) is 6.92 Å². The average Bonchev–Trinajstić information content (AvgIpc) is 2.45. The largest absolute Gasteiger partial charge is 0.478 e. The Morgan fingerprint density at radius 2 is 1.80 bits per heavy atom. The Morgan fingerprint density at radius 1 is 1.15 bits per heavy atom. The van der Waals surface area contributed by atoms with E-state index >= 15 is 0 Å². The number of rotatable bonds is 3. The Kier molecular flexibility index (Phi) is 3.97. The van der Waals surface area contributed by atoms with Gasteiger partial charge >= 0.3 is 5.97 Å². The van der Waals surface area contributed by atoms with Crippen LogP contribution in [0.5, 0.6) is 0 Å². The third-order valence-corrected chi connectivity index (χ3v) is 2.92. The fourth-order valence-electron chi connectivity index (χ4n) is 1.90. The van der Waals surface area contributed by atoms with E-state index < -0.39 is 5.97 Å². The van der Waals surface area contributed by atoms with Gasteiger partial charge in [-0.15, -0.1) is 0 Å². The molecular weight excluding hydrogens is 250 g/mol. The summed E-state index contributed by atoms with van der Waals surface area (Å²) in [6.07, 6.45) is 1.79. The zero-order valence-electron chi connectivity index (χ0n) is 11.0. The van der Waals surface area contributed by atoms with E-state index in [0.29, 0.717) is 11.1 Å². The minimum absolute atomic E-state index is 0.210. The van der Waals surface area contributed by atoms with Gasteiger partial charge < -0.3 is 5.11 Å². The van der Waals surface area contributed by atoms with Crippen LogP contribution in [0.3, 0.4) is 0 Å². The Hall–Kier alpha value is -2.86. The molecular formula is C17H13NO2. The SMILES string of the molecule is Cc1cccc(/C=C(/C#N)c2ccc(C(=O)O)cc2)c1. The van der Waals surface area contributed by atoms with Gasteiger partial charge in [0, 0.05) is 0 Å². The standard InChI is InChI=1S/C17H13NO2/c1-12-3-2-4-13(9-12)10-16(11-18)14-5-7-15(8-6-14)17(19)20/h2-10H,1H3,(H,19,20)/b16-10-. The molecule has 0 bridgehead atoms. The normalized spacial score (nSPS) is 10.9. The summed E-state index contributed by atoms with van der Waals surface area (Å²) < 4.78 is 0. The molecule has 0 saturated carbocycles. The van der Waals surface area contributed by atoms with Crippen molar-refractivity contribution in [1.29, 1.82) is 5.26 Å². The summed E-state index contributed by atoms with van der Waals surface area (Å²) in [6, 6.07) is 16.3. The van der Waals surface area contributed by atoms with Gasteiger partial charge in [0.1, 0.15) is 0 Å². The molecule has 2 aromatic rings. The number of carboxylic acids is 1. The molecule has 0 radical (unpaired) electrons. The smallest absolute Gasteiger partial charge is 0.335 e. The second-order valence-corrected chi connectivity index (χ2v) is 4.47. The third-order valence-electron chi connectivity index (χ3n) is 2.92. The maximum Gasteiger partial charge on any atom is 0.335 e. The number of allylic oxidation sites excluding steroid dienone is 1. The molecule has 0 fully saturated rings. The predicted molar refractivity (Wildman–Crippen MR) is 78.1 cm³/mol. The van der Waals surface area contributed by atoms with Crippen LogP contribution in [0, 0.1) is 18.3 Å². The molecule has 2 rings (SSSR count). The number of carbonyl (C=O) groups is 1. The summed E-state index contributed by atoms with van der Waals surface area (Å²) in [5.74, 6) is -0.974. The van der Waals surface area contributed by atoms with Crippen LogP contribution in [0.15, 0.2) is 48.5 Å². The lowest BCUT2D eigenvalue weighted by atomic mass is 10.0. The number of carboxylic acid groups (broad SMARTS) is 1. The Balaban J connectivity index is 2.37. The molecule has 0 atom stereocenters. The molecule has 20 heavy (non-hydrogen) atoms. The van der Waals surface area contributed by atoms with E-state index in [4.69, 9.17) is 5.11 Å². The van der Waals surface area contributed by atoms with E-state index in [0.717, 1.165) is 11.1 Å². The number of nitriles is 1. The molecule has 3 nitrogen and oxygen atoms in total. The number of hydrogen-bond donors (Lipinski definition) is 1. The van der Waals surface area contributed by atoms with Gasteiger partial charge in [0.2, 0.25) is 0 Å². The lowest BCUT2D eigenvalue weighted by Crippen LogP contribution is -1.95. The highest BCUT2D eigenvalue weighted by molar-refractivity contribution is 5.92. The van der Waals surface area contributed by atoms with Crippen molar-refractivity contribution in [3.8, 4) is 6.07 Å². The average molecular weight is 263 g/mol. The van der Waals surface area contributed by atoms with Crippen LogP contribution < -0.4 is 0 Å². The molecule has 0 unspecified atom stereocenters. The number of nitrogens with zero attached hydrogens (tertiary/aromatic N) is 1. The minimum atomic E-state index is -0.974. The predicted octanol–water partition coefficient (Wildman–Crippen LogP) is 3.76. The van der Waals surface area contributed by atoms with Crippen LogP contribution in [-0.4, -0.2) is 11.1 Å². The Bertz CT molecular complexity index is 707. The topological polar surface area (TPSA) is 61.1 Å². The van der Waals surface area contributed by atoms with Gasteiger partial charge in [0.15, 0.2) is 0 Å². The number of hydrogen-bond acceptors (Lipinski definition) is 2. The molecule has 0 aromatic heterocycles. The van der Waals surface area contributed by atoms with Gasteiger partial charge in [-0.1, -0.05) is 42.0 Å². The number of aryl methyl sites for hydroxylation is 1. The monoisotopic (exact) mass is 263 g/mol. The zero-order valence-corrected chi connectivity index (χ0v) is 11.0. The minimum Gasteiger partial charge on any atom is -0.478 e. The molecule has 0 aliphatic carbocycles. The van der Waals surface area contributed by atoms with Gasteiger partial charge in [0.05, 0.1) is 17.2 Å². The van der Waals surface area contributed by atoms with Gasteiger partial charge in [0.25, 0.3) is 0 Å². The van der Waals surface area contributed by atoms with Crippen molar-refractivity contribution >= 4 is 17.6 Å². The van der Waals surface area contributed by atoms with Crippen molar-refractivity contribution < 1.29 is 9.90 Å². The number of benzene rings is 2. The highest BCUT2D eigenvalue weighted by Crippen LogP contribution is 2.19. The van der Waals surface area contributed by atoms with Crippen LogP contribution in [0.4, 0.5) is 0 Å². The third kappa shape index (κ3) is 3.12. The van der Waals surface area contributed by atoms with Gasteiger partial charge in [-0.05, 0) is 36.3 Å². The molecule has 0 amide bonds. The molecule has 0 saturated heterocycles. The van der Waals surface area contributed by atoms with Crippen molar-refractivity contribution in [3.05, 3.63) is 70.8 Å². The first-order valence-corrected chi connectivity index (χ1v) is 6.12. The summed E-state index contributed by atoms with van der Waals surface area (Å²) in [4.78, 5) is 10.8. The first-order chi connectivity index (χ1) is 9.60. The van der Waals surface area contributed by atoms with Gasteiger partial charge in [-0.25, -0.2) is 4.79 Å². The summed E-state index contributed by atoms with van der Waals surface area (Å²) in [6.45, 7) is 1.99.